The lowest BCUT2D eigenvalue weighted by atomic mass is 10.1. The molecule has 1 aromatic carbocycles. The van der Waals surface area contributed by atoms with Crippen LogP contribution in [0, 0.1) is 5.82 Å². The van der Waals surface area contributed by atoms with Gasteiger partial charge in [0.1, 0.15) is 16.9 Å². The van der Waals surface area contributed by atoms with Gasteiger partial charge in [0.15, 0.2) is 14.1 Å². The first-order valence-corrected chi connectivity index (χ1v) is 12.2. The molecule has 0 N–H and O–H groups in total. The third kappa shape index (κ3) is 4.17. The maximum atomic E-state index is 14.4. The van der Waals surface area contributed by atoms with Crippen molar-refractivity contribution in [3.05, 3.63) is 28.2 Å². The van der Waals surface area contributed by atoms with Gasteiger partial charge in [-0.05, 0) is 44.1 Å². The zero-order valence-electron chi connectivity index (χ0n) is 16.3. The van der Waals surface area contributed by atoms with Crippen LogP contribution in [0.2, 0.25) is 18.1 Å². The molecule has 2 aromatic rings. The van der Waals surface area contributed by atoms with Crippen LogP contribution in [0.1, 0.15) is 40.4 Å². The van der Waals surface area contributed by atoms with Crippen LogP contribution in [-0.2, 0) is 16.6 Å². The average Bonchev–Trinajstić information content (AvgIpc) is 2.75. The predicted octanol–water partition coefficient (Wildman–Crippen LogP) is 6.46. The summed E-state index contributed by atoms with van der Waals surface area (Å²) in [6, 6.07) is 2.90. The summed E-state index contributed by atoms with van der Waals surface area (Å²) in [6.45, 7) is 13.5. The number of fused-ring (bicyclic) bond motifs is 1. The summed E-state index contributed by atoms with van der Waals surface area (Å²) in [5, 5.41) is -0.0574. The first kappa shape index (κ1) is 21.4. The number of benzene rings is 1. The van der Waals surface area contributed by atoms with E-state index in [1.165, 1.54) is 10.6 Å². The molecule has 1 aromatic heterocycles. The van der Waals surface area contributed by atoms with Crippen LogP contribution in [0.15, 0.2) is 16.6 Å². The molecular formula is C18H26BrF3N2OSi. The second kappa shape index (κ2) is 6.94. The summed E-state index contributed by atoms with van der Waals surface area (Å²) in [6.07, 6.45) is -2.59. The molecule has 0 aliphatic carbocycles. The van der Waals surface area contributed by atoms with Crippen molar-refractivity contribution in [1.82, 2.24) is 9.55 Å². The van der Waals surface area contributed by atoms with E-state index in [-0.39, 0.29) is 10.6 Å². The van der Waals surface area contributed by atoms with Gasteiger partial charge in [0, 0.05) is 4.47 Å². The molecule has 0 atom stereocenters. The Hall–Kier alpha value is -0.863. The first-order chi connectivity index (χ1) is 11.7. The maximum Gasteiger partial charge on any atom is 0.256 e. The summed E-state index contributed by atoms with van der Waals surface area (Å²) < 4.78 is 49.2. The molecule has 0 amide bonds. The van der Waals surface area contributed by atoms with Crippen molar-refractivity contribution >= 4 is 35.3 Å². The van der Waals surface area contributed by atoms with Gasteiger partial charge < -0.3 is 8.99 Å². The Balaban J connectivity index is 2.65. The van der Waals surface area contributed by atoms with E-state index in [2.05, 4.69) is 54.8 Å². The van der Waals surface area contributed by atoms with E-state index in [1.54, 1.807) is 6.07 Å². The minimum atomic E-state index is -2.59. The van der Waals surface area contributed by atoms with E-state index in [9.17, 15) is 13.2 Å². The fourth-order valence-corrected chi connectivity index (χ4v) is 4.86. The lowest BCUT2D eigenvalue weighted by molar-refractivity contribution is 0.0694. The van der Waals surface area contributed by atoms with Crippen molar-refractivity contribution in [2.75, 3.05) is 0 Å². The van der Waals surface area contributed by atoms with E-state index in [1.807, 2.05) is 13.8 Å². The van der Waals surface area contributed by atoms with Gasteiger partial charge in [-0.15, -0.1) is 0 Å². The number of imidazole rings is 1. The second-order valence-electron chi connectivity index (χ2n) is 8.57. The van der Waals surface area contributed by atoms with E-state index in [0.29, 0.717) is 15.8 Å². The van der Waals surface area contributed by atoms with Gasteiger partial charge in [0.25, 0.3) is 6.43 Å². The van der Waals surface area contributed by atoms with E-state index >= 15 is 0 Å². The fraction of sp³-hybridized carbons (Fsp3) is 0.611. The van der Waals surface area contributed by atoms with Crippen molar-refractivity contribution in [3.8, 4) is 0 Å². The maximum absolute atomic E-state index is 14.4. The molecule has 3 nitrogen and oxygen atoms in total. The topological polar surface area (TPSA) is 27.1 Å². The van der Waals surface area contributed by atoms with Crippen molar-refractivity contribution < 1.29 is 17.6 Å². The molecule has 0 aliphatic rings. The highest BCUT2D eigenvalue weighted by atomic mass is 79.9. The van der Waals surface area contributed by atoms with Gasteiger partial charge in [-0.25, -0.2) is 18.2 Å². The molecule has 0 saturated carbocycles. The second-order valence-corrected chi connectivity index (χ2v) is 14.2. The molecular weight excluding hydrogens is 425 g/mol. The Kier molecular flexibility index (Phi) is 5.73. The minimum Gasteiger partial charge on any atom is -0.405 e. The van der Waals surface area contributed by atoms with Crippen LogP contribution < -0.4 is 0 Å². The first-order valence-electron chi connectivity index (χ1n) is 8.50. The summed E-state index contributed by atoms with van der Waals surface area (Å²) in [4.78, 5) is 4.38. The molecule has 0 fully saturated rings. The zero-order valence-corrected chi connectivity index (χ0v) is 18.8. The monoisotopic (exact) mass is 450 g/mol. The van der Waals surface area contributed by atoms with Crippen LogP contribution >= 0.6 is 15.9 Å². The zero-order chi connectivity index (χ0) is 20.1. The molecule has 0 unspecified atom stereocenters. The van der Waals surface area contributed by atoms with Gasteiger partial charge in [0.05, 0.1) is 12.1 Å². The Morgan fingerprint density at radius 1 is 1.19 bits per heavy atom. The number of alkyl halides is 2. The van der Waals surface area contributed by atoms with Gasteiger partial charge in [0.2, 0.25) is 0 Å². The van der Waals surface area contributed by atoms with Gasteiger partial charge >= 0.3 is 0 Å². The highest BCUT2D eigenvalue weighted by molar-refractivity contribution is 9.10. The fourth-order valence-electron chi connectivity index (χ4n) is 2.77. The van der Waals surface area contributed by atoms with Crippen LogP contribution in [0.3, 0.4) is 0 Å². The highest BCUT2D eigenvalue weighted by Crippen LogP contribution is 2.42. The normalized spacial score (nSPS) is 13.8. The molecule has 0 aliphatic heterocycles. The van der Waals surface area contributed by atoms with Crippen molar-refractivity contribution in [3.63, 3.8) is 0 Å². The number of rotatable bonds is 5. The molecule has 0 bridgehead atoms. The standard InChI is InChI=1S/C18H26BrF3N2OSi/c1-17(2,3)26(6,7)25-18(4,5)16-23-15-12(20)8-11(19)9-13(15)24(16)10-14(21)22/h8-9,14H,10H2,1-7H3. The van der Waals surface area contributed by atoms with Crippen molar-refractivity contribution in [1.29, 1.82) is 0 Å². The summed E-state index contributed by atoms with van der Waals surface area (Å²) in [7, 11) is -2.20. The SMILES string of the molecule is CC(C)(O[Si](C)(C)C(C)(C)C)c1nc2c(F)cc(Br)cc2n1CC(F)F. The number of nitrogens with zero attached hydrogens (tertiary/aromatic N) is 2. The third-order valence-corrected chi connectivity index (χ3v) is 10.0. The van der Waals surface area contributed by atoms with Gasteiger partial charge in [-0.3, -0.25) is 0 Å². The largest absolute Gasteiger partial charge is 0.405 e. The number of hydrogen-bond donors (Lipinski definition) is 0. The lowest BCUT2D eigenvalue weighted by Gasteiger charge is -2.42. The van der Waals surface area contributed by atoms with Crippen molar-refractivity contribution in [2.24, 2.45) is 0 Å². The minimum absolute atomic E-state index is 0.0574. The molecule has 8 heteroatoms. The van der Waals surface area contributed by atoms with Crippen LogP contribution in [-0.4, -0.2) is 24.3 Å². The van der Waals surface area contributed by atoms with Crippen LogP contribution in [0.5, 0.6) is 0 Å². The van der Waals surface area contributed by atoms with Crippen LogP contribution in [0.4, 0.5) is 13.2 Å². The number of hydrogen-bond acceptors (Lipinski definition) is 2. The predicted molar refractivity (Wildman–Crippen MR) is 105 cm³/mol. The Bertz CT molecular complexity index is 813. The molecule has 1 heterocycles. The Morgan fingerprint density at radius 3 is 2.27 bits per heavy atom. The molecule has 0 saturated heterocycles. The Labute approximate surface area is 162 Å². The van der Waals surface area contributed by atoms with Crippen molar-refractivity contribution in [2.45, 2.75) is 71.3 Å². The third-order valence-electron chi connectivity index (χ3n) is 4.95. The van der Waals surface area contributed by atoms with Crippen LogP contribution in [0.25, 0.3) is 11.0 Å². The summed E-state index contributed by atoms with van der Waals surface area (Å²) >= 11 is 3.23. The average molecular weight is 451 g/mol. The molecule has 26 heavy (non-hydrogen) atoms. The smallest absolute Gasteiger partial charge is 0.256 e. The van der Waals surface area contributed by atoms with E-state index < -0.39 is 32.7 Å². The summed E-state index contributed by atoms with van der Waals surface area (Å²) in [5.41, 5.74) is -0.523. The highest BCUT2D eigenvalue weighted by Gasteiger charge is 2.43. The van der Waals surface area contributed by atoms with Gasteiger partial charge in [-0.1, -0.05) is 36.7 Å². The number of aromatic nitrogens is 2. The molecule has 146 valence electrons. The van der Waals surface area contributed by atoms with Gasteiger partial charge in [-0.2, -0.15) is 0 Å². The molecule has 0 radical (unpaired) electrons. The Morgan fingerprint density at radius 2 is 1.77 bits per heavy atom. The molecule has 2 rings (SSSR count). The van der Waals surface area contributed by atoms with E-state index in [4.69, 9.17) is 4.43 Å². The number of halogens is 4. The quantitative estimate of drug-likeness (QED) is 0.488. The summed E-state index contributed by atoms with van der Waals surface area (Å²) in [5.74, 6) is -0.235. The van der Waals surface area contributed by atoms with E-state index in [0.717, 1.165) is 0 Å². The lowest BCUT2D eigenvalue weighted by Crippen LogP contribution is -2.47. The molecule has 0 spiro atoms.